The van der Waals surface area contributed by atoms with E-state index in [1.807, 2.05) is 18.5 Å². The quantitative estimate of drug-likeness (QED) is 0.454. The van der Waals surface area contributed by atoms with E-state index >= 15 is 0 Å². The molecule has 2 heterocycles. The van der Waals surface area contributed by atoms with Crippen molar-refractivity contribution in [2.75, 3.05) is 5.32 Å². The number of aromatic nitrogens is 3. The molecule has 2 aromatic heterocycles. The highest BCUT2D eigenvalue weighted by molar-refractivity contribution is 5.97. The van der Waals surface area contributed by atoms with Gasteiger partial charge in [-0.1, -0.05) is 31.5 Å². The van der Waals surface area contributed by atoms with Crippen LogP contribution in [0.4, 0.5) is 5.69 Å². The van der Waals surface area contributed by atoms with Gasteiger partial charge in [0.05, 0.1) is 5.69 Å². The number of rotatable bonds is 4. The van der Waals surface area contributed by atoms with Gasteiger partial charge in [-0.25, -0.2) is 9.97 Å². The molecule has 0 atom stereocenters. The molecule has 5 rings (SSSR count). The topological polar surface area (TPSA) is 70.7 Å². The van der Waals surface area contributed by atoms with Gasteiger partial charge >= 0.3 is 0 Å². The lowest BCUT2D eigenvalue weighted by atomic mass is 10.1. The van der Waals surface area contributed by atoms with Crippen molar-refractivity contribution in [3.05, 3.63) is 65.5 Å². The van der Waals surface area contributed by atoms with Gasteiger partial charge in [-0.05, 0) is 41.3 Å². The minimum Gasteiger partial charge on any atom is -0.354 e. The molecule has 0 saturated heterocycles. The van der Waals surface area contributed by atoms with Crippen LogP contribution in [0.15, 0.2) is 48.8 Å². The predicted molar refractivity (Wildman–Crippen MR) is 116 cm³/mol. The molecule has 2 N–H and O–H groups in total. The van der Waals surface area contributed by atoms with Gasteiger partial charge in [-0.2, -0.15) is 0 Å². The lowest BCUT2D eigenvalue weighted by Gasteiger charge is -2.06. The second-order valence-corrected chi connectivity index (χ2v) is 7.63. The summed E-state index contributed by atoms with van der Waals surface area (Å²) in [4.78, 5) is 24.0. The van der Waals surface area contributed by atoms with Crippen LogP contribution in [-0.2, 0) is 17.6 Å². The maximum absolute atomic E-state index is 11.3. The molecule has 0 fully saturated rings. The molecule has 0 bridgehead atoms. The third-order valence-corrected chi connectivity index (χ3v) is 5.47. The van der Waals surface area contributed by atoms with Gasteiger partial charge in [0.2, 0.25) is 5.91 Å². The van der Waals surface area contributed by atoms with Crippen molar-refractivity contribution >= 4 is 22.5 Å². The Morgan fingerprint density at radius 3 is 2.72 bits per heavy atom. The van der Waals surface area contributed by atoms with Crippen LogP contribution in [-0.4, -0.2) is 20.9 Å². The summed E-state index contributed by atoms with van der Waals surface area (Å²) in [6.45, 7) is 3.69. The number of nitrogens with zero attached hydrogens (tertiary/aromatic N) is 2. The van der Waals surface area contributed by atoms with Crippen LogP contribution in [0.1, 0.15) is 37.0 Å². The molecule has 1 aliphatic rings. The smallest absolute Gasteiger partial charge is 0.221 e. The average Bonchev–Trinajstić information content (AvgIpc) is 3.23. The van der Waals surface area contributed by atoms with Crippen LogP contribution >= 0.6 is 0 Å². The van der Waals surface area contributed by atoms with Crippen molar-refractivity contribution in [3.63, 3.8) is 0 Å². The largest absolute Gasteiger partial charge is 0.354 e. The van der Waals surface area contributed by atoms with Crippen molar-refractivity contribution in [2.45, 2.75) is 33.1 Å². The molecule has 4 aromatic rings. The molecule has 0 aliphatic heterocycles. The third-order valence-electron chi connectivity index (χ3n) is 5.47. The molecule has 5 nitrogen and oxygen atoms in total. The van der Waals surface area contributed by atoms with Gasteiger partial charge in [0, 0.05) is 53.5 Å². The van der Waals surface area contributed by atoms with E-state index < -0.39 is 0 Å². The zero-order chi connectivity index (χ0) is 20.0. The number of hydrogen-bond acceptors (Lipinski definition) is 3. The Bertz CT molecular complexity index is 1240. The van der Waals surface area contributed by atoms with E-state index in [1.165, 1.54) is 40.3 Å². The summed E-state index contributed by atoms with van der Waals surface area (Å²) in [6, 6.07) is 12.5. The van der Waals surface area contributed by atoms with Crippen molar-refractivity contribution in [1.29, 1.82) is 0 Å². The Labute approximate surface area is 169 Å². The second-order valence-electron chi connectivity index (χ2n) is 7.63. The second kappa shape index (κ2) is 6.85. The standard InChI is InChI=1S/C24H22N4O/c1-3-4-15-12-25-24(26-13-15)16-5-7-20-21-10-17-9-18(27-14(2)29)6-8-19(17)23(21)28-22(20)11-16/h5-9,11-13,28H,3-4,10H2,1-2H3,(H,27,29). The summed E-state index contributed by atoms with van der Waals surface area (Å²) in [6.07, 6.45) is 6.81. The van der Waals surface area contributed by atoms with Crippen molar-refractivity contribution in [1.82, 2.24) is 15.0 Å². The van der Waals surface area contributed by atoms with Gasteiger partial charge in [0.1, 0.15) is 0 Å². The molecule has 5 heteroatoms. The van der Waals surface area contributed by atoms with Crippen molar-refractivity contribution in [3.8, 4) is 22.6 Å². The summed E-state index contributed by atoms with van der Waals surface area (Å²) in [5.74, 6) is 0.700. The number of carbonyl (C=O) groups excluding carboxylic acids is 1. The molecule has 0 unspecified atom stereocenters. The molecular formula is C24H22N4O. The Morgan fingerprint density at radius 1 is 1.14 bits per heavy atom. The summed E-state index contributed by atoms with van der Waals surface area (Å²) in [5, 5.41) is 4.09. The van der Waals surface area contributed by atoms with Gasteiger partial charge in [-0.3, -0.25) is 4.79 Å². The zero-order valence-electron chi connectivity index (χ0n) is 16.5. The average molecular weight is 382 g/mol. The molecule has 2 aromatic carbocycles. The van der Waals surface area contributed by atoms with E-state index in [0.29, 0.717) is 0 Å². The lowest BCUT2D eigenvalue weighted by Crippen LogP contribution is -2.05. The van der Waals surface area contributed by atoms with Crippen LogP contribution < -0.4 is 5.32 Å². The van der Waals surface area contributed by atoms with Gasteiger partial charge in [0.25, 0.3) is 0 Å². The summed E-state index contributed by atoms with van der Waals surface area (Å²) < 4.78 is 0. The maximum Gasteiger partial charge on any atom is 0.221 e. The van der Waals surface area contributed by atoms with E-state index in [2.05, 4.69) is 57.5 Å². The molecule has 144 valence electrons. The van der Waals surface area contributed by atoms with Crippen LogP contribution in [0, 0.1) is 0 Å². The fraction of sp³-hybridized carbons (Fsp3) is 0.208. The number of carbonyl (C=O) groups is 1. The number of fused-ring (bicyclic) bond motifs is 5. The van der Waals surface area contributed by atoms with Crippen LogP contribution in [0.2, 0.25) is 0 Å². The third kappa shape index (κ3) is 3.09. The van der Waals surface area contributed by atoms with E-state index in [0.717, 1.165) is 41.9 Å². The summed E-state index contributed by atoms with van der Waals surface area (Å²) in [5.41, 5.74) is 9.04. The highest BCUT2D eigenvalue weighted by atomic mass is 16.1. The molecule has 1 aliphatic carbocycles. The molecule has 1 amide bonds. The fourth-order valence-electron chi connectivity index (χ4n) is 4.19. The first kappa shape index (κ1) is 17.6. The highest BCUT2D eigenvalue weighted by Gasteiger charge is 2.23. The van der Waals surface area contributed by atoms with Gasteiger partial charge in [-0.15, -0.1) is 0 Å². The fourth-order valence-corrected chi connectivity index (χ4v) is 4.19. The number of hydrogen-bond donors (Lipinski definition) is 2. The predicted octanol–water partition coefficient (Wildman–Crippen LogP) is 5.11. The lowest BCUT2D eigenvalue weighted by molar-refractivity contribution is -0.114. The first-order chi connectivity index (χ1) is 14.1. The minimum atomic E-state index is -0.0515. The van der Waals surface area contributed by atoms with Crippen LogP contribution in [0.25, 0.3) is 33.5 Å². The van der Waals surface area contributed by atoms with E-state index in [-0.39, 0.29) is 5.91 Å². The Morgan fingerprint density at radius 2 is 1.97 bits per heavy atom. The Balaban J connectivity index is 1.50. The highest BCUT2D eigenvalue weighted by Crippen LogP contribution is 2.42. The number of aryl methyl sites for hydroxylation is 1. The Hall–Kier alpha value is -3.47. The number of H-pyrrole nitrogens is 1. The van der Waals surface area contributed by atoms with E-state index in [1.54, 1.807) is 0 Å². The zero-order valence-corrected chi connectivity index (χ0v) is 16.5. The van der Waals surface area contributed by atoms with Crippen LogP contribution in [0.5, 0.6) is 0 Å². The first-order valence-electron chi connectivity index (χ1n) is 9.99. The Kier molecular flexibility index (Phi) is 4.16. The number of nitrogens with one attached hydrogen (secondary N) is 2. The molecule has 0 saturated carbocycles. The van der Waals surface area contributed by atoms with E-state index in [4.69, 9.17) is 0 Å². The SMILES string of the molecule is CCCc1cnc(-c2ccc3c4c([nH]c3c2)-c2ccc(NC(C)=O)cc2C4)nc1. The number of anilines is 1. The van der Waals surface area contributed by atoms with Crippen molar-refractivity contribution in [2.24, 2.45) is 0 Å². The maximum atomic E-state index is 11.3. The minimum absolute atomic E-state index is 0.0515. The summed E-state index contributed by atoms with van der Waals surface area (Å²) in [7, 11) is 0. The van der Waals surface area contributed by atoms with E-state index in [9.17, 15) is 4.79 Å². The molecule has 0 spiro atoms. The monoisotopic (exact) mass is 382 g/mol. The number of aromatic amines is 1. The molecule has 0 radical (unpaired) electrons. The summed E-state index contributed by atoms with van der Waals surface area (Å²) >= 11 is 0. The number of amides is 1. The molecule has 29 heavy (non-hydrogen) atoms. The van der Waals surface area contributed by atoms with Gasteiger partial charge in [0.15, 0.2) is 5.82 Å². The first-order valence-corrected chi connectivity index (χ1v) is 9.99. The van der Waals surface area contributed by atoms with Crippen molar-refractivity contribution < 1.29 is 4.79 Å². The number of benzene rings is 2. The van der Waals surface area contributed by atoms with Gasteiger partial charge < -0.3 is 10.3 Å². The normalized spacial score (nSPS) is 12.1. The van der Waals surface area contributed by atoms with Crippen LogP contribution in [0.3, 0.4) is 0 Å². The molecular weight excluding hydrogens is 360 g/mol.